The molecular weight excluding hydrogens is 284 g/mol. The number of rotatable bonds is 1. The molecule has 0 aromatic carbocycles. The zero-order chi connectivity index (χ0) is 16.4. The lowest BCUT2D eigenvalue weighted by molar-refractivity contribution is -0.127. The fourth-order valence-electron chi connectivity index (χ4n) is 6.66. The minimum absolute atomic E-state index is 0.170. The van der Waals surface area contributed by atoms with Gasteiger partial charge in [0.05, 0.1) is 0 Å². The molecule has 2 saturated carbocycles. The van der Waals surface area contributed by atoms with E-state index in [0.717, 1.165) is 12.8 Å². The number of fused-ring (bicyclic) bond motifs is 5. The summed E-state index contributed by atoms with van der Waals surface area (Å²) in [7, 11) is 0. The highest BCUT2D eigenvalue weighted by Crippen LogP contribution is 2.65. The highest BCUT2D eigenvalue weighted by Gasteiger charge is 2.58. The second-order valence-electron chi connectivity index (χ2n) is 8.92. The van der Waals surface area contributed by atoms with E-state index in [1.807, 2.05) is 6.08 Å². The highest BCUT2D eigenvalue weighted by molar-refractivity contribution is 5.92. The van der Waals surface area contributed by atoms with Crippen molar-refractivity contribution in [2.75, 3.05) is 0 Å². The number of allylic oxidation sites excluding steroid dienone is 4. The molecule has 0 spiro atoms. The van der Waals surface area contributed by atoms with Gasteiger partial charge >= 0.3 is 0 Å². The second-order valence-corrected chi connectivity index (χ2v) is 8.92. The minimum Gasteiger partial charge on any atom is -0.300 e. The van der Waals surface area contributed by atoms with Crippen LogP contribution in [-0.4, -0.2) is 11.6 Å². The third kappa shape index (κ3) is 1.99. The lowest BCUT2D eigenvalue weighted by atomic mass is 9.48. The lowest BCUT2D eigenvalue weighted by Gasteiger charge is -2.55. The molecule has 0 amide bonds. The molecule has 124 valence electrons. The molecule has 4 aliphatic carbocycles. The Morgan fingerprint density at radius 2 is 1.91 bits per heavy atom. The van der Waals surface area contributed by atoms with Gasteiger partial charge in [-0.1, -0.05) is 26.0 Å². The first-order valence-corrected chi connectivity index (χ1v) is 9.30. The zero-order valence-corrected chi connectivity index (χ0v) is 14.6. The van der Waals surface area contributed by atoms with Crippen molar-refractivity contribution in [3.63, 3.8) is 0 Å². The molecule has 0 saturated heterocycles. The first kappa shape index (κ1) is 15.4. The molecule has 2 fully saturated rings. The number of ketones is 2. The van der Waals surface area contributed by atoms with Crippen molar-refractivity contribution in [2.24, 2.45) is 34.5 Å². The number of hydrogen-bond donors (Lipinski definition) is 0. The van der Waals surface area contributed by atoms with E-state index in [-0.39, 0.29) is 16.7 Å². The van der Waals surface area contributed by atoms with Gasteiger partial charge in [-0.2, -0.15) is 0 Å². The lowest BCUT2D eigenvalue weighted by Crippen LogP contribution is -2.49. The van der Waals surface area contributed by atoms with Crippen molar-refractivity contribution < 1.29 is 9.59 Å². The molecule has 4 aliphatic rings. The summed E-state index contributed by atoms with van der Waals surface area (Å²) in [4.78, 5) is 24.0. The van der Waals surface area contributed by atoms with Crippen molar-refractivity contribution >= 4 is 11.6 Å². The normalized spacial score (nSPS) is 48.3. The van der Waals surface area contributed by atoms with Crippen LogP contribution in [0, 0.1) is 34.5 Å². The molecule has 23 heavy (non-hydrogen) atoms. The van der Waals surface area contributed by atoms with Crippen LogP contribution in [0.15, 0.2) is 23.8 Å². The summed E-state index contributed by atoms with van der Waals surface area (Å²) in [5.41, 5.74) is 1.63. The Morgan fingerprint density at radius 1 is 1.13 bits per heavy atom. The van der Waals surface area contributed by atoms with Crippen LogP contribution in [0.2, 0.25) is 0 Å². The molecule has 0 bridgehead atoms. The summed E-state index contributed by atoms with van der Waals surface area (Å²) < 4.78 is 0. The zero-order valence-electron chi connectivity index (χ0n) is 14.6. The van der Waals surface area contributed by atoms with Crippen molar-refractivity contribution in [1.29, 1.82) is 0 Å². The molecule has 2 heteroatoms. The number of carbonyl (C=O) groups is 2. The SMILES string of the molecule is CC(=O)C1CCC2C3C=CC4=CC(=O)CC[C@@]4(C)C3CCC12C. The summed E-state index contributed by atoms with van der Waals surface area (Å²) in [6, 6.07) is 0. The van der Waals surface area contributed by atoms with Gasteiger partial charge in [-0.05, 0) is 79.3 Å². The van der Waals surface area contributed by atoms with Gasteiger partial charge in [0.15, 0.2) is 5.78 Å². The van der Waals surface area contributed by atoms with Gasteiger partial charge < -0.3 is 0 Å². The molecular formula is C21H28O2. The molecule has 6 atom stereocenters. The van der Waals surface area contributed by atoms with Crippen LogP contribution in [0.5, 0.6) is 0 Å². The number of hydrogen-bond acceptors (Lipinski definition) is 2. The van der Waals surface area contributed by atoms with Gasteiger partial charge in [0.25, 0.3) is 0 Å². The van der Waals surface area contributed by atoms with Gasteiger partial charge in [0.2, 0.25) is 0 Å². The van der Waals surface area contributed by atoms with Crippen LogP contribution >= 0.6 is 0 Å². The molecule has 2 nitrogen and oxygen atoms in total. The van der Waals surface area contributed by atoms with Gasteiger partial charge in [-0.25, -0.2) is 0 Å². The Hall–Kier alpha value is -1.18. The Morgan fingerprint density at radius 3 is 2.65 bits per heavy atom. The highest BCUT2D eigenvalue weighted by atomic mass is 16.1. The van der Waals surface area contributed by atoms with E-state index in [2.05, 4.69) is 26.0 Å². The molecule has 0 aromatic rings. The monoisotopic (exact) mass is 312 g/mol. The van der Waals surface area contributed by atoms with E-state index >= 15 is 0 Å². The van der Waals surface area contributed by atoms with Crippen LogP contribution in [0.4, 0.5) is 0 Å². The van der Waals surface area contributed by atoms with Crippen molar-refractivity contribution in [3.8, 4) is 0 Å². The second kappa shape index (κ2) is 4.91. The van der Waals surface area contributed by atoms with E-state index in [9.17, 15) is 9.59 Å². The molecule has 0 aliphatic heterocycles. The van der Waals surface area contributed by atoms with E-state index < -0.39 is 0 Å². The predicted molar refractivity (Wildman–Crippen MR) is 90.8 cm³/mol. The van der Waals surface area contributed by atoms with Gasteiger partial charge in [-0.15, -0.1) is 0 Å². The van der Waals surface area contributed by atoms with Gasteiger partial charge in [0.1, 0.15) is 5.78 Å². The third-order valence-electron chi connectivity index (χ3n) is 8.01. The summed E-state index contributed by atoms with van der Waals surface area (Å²) in [6.45, 7) is 6.54. The fraction of sp³-hybridized carbons (Fsp3) is 0.714. The van der Waals surface area contributed by atoms with Crippen LogP contribution in [-0.2, 0) is 9.59 Å². The fourth-order valence-corrected chi connectivity index (χ4v) is 6.66. The van der Waals surface area contributed by atoms with Crippen LogP contribution in [0.25, 0.3) is 0 Å². The van der Waals surface area contributed by atoms with Crippen LogP contribution in [0.1, 0.15) is 59.3 Å². The molecule has 0 radical (unpaired) electrons. The molecule has 0 N–H and O–H groups in total. The average molecular weight is 312 g/mol. The molecule has 5 unspecified atom stereocenters. The van der Waals surface area contributed by atoms with E-state index in [1.54, 1.807) is 6.92 Å². The van der Waals surface area contributed by atoms with E-state index in [1.165, 1.54) is 24.8 Å². The van der Waals surface area contributed by atoms with Crippen LogP contribution < -0.4 is 0 Å². The maximum atomic E-state index is 12.1. The van der Waals surface area contributed by atoms with Crippen LogP contribution in [0.3, 0.4) is 0 Å². The number of carbonyl (C=O) groups excluding carboxylic acids is 2. The Bertz CT molecular complexity index is 628. The summed E-state index contributed by atoms with van der Waals surface area (Å²) in [5.74, 6) is 2.83. The molecule has 0 aromatic heterocycles. The first-order chi connectivity index (χ1) is 10.9. The maximum Gasteiger partial charge on any atom is 0.156 e. The van der Waals surface area contributed by atoms with Gasteiger partial charge in [0, 0.05) is 12.3 Å². The number of Topliss-reactive ketones (excluding diaryl/α,β-unsaturated/α-hetero) is 1. The Labute approximate surface area is 139 Å². The quantitative estimate of drug-likeness (QED) is 0.714. The Balaban J connectivity index is 1.72. The summed E-state index contributed by atoms with van der Waals surface area (Å²) in [6.07, 6.45) is 12.9. The Kier molecular flexibility index (Phi) is 3.28. The van der Waals surface area contributed by atoms with E-state index in [4.69, 9.17) is 0 Å². The maximum absolute atomic E-state index is 12.1. The van der Waals surface area contributed by atoms with Crippen molar-refractivity contribution in [3.05, 3.63) is 23.8 Å². The topological polar surface area (TPSA) is 34.1 Å². The standard InChI is InChI=1S/C21H28O2/c1-13(22)17-6-7-18-16-5-4-14-12-15(23)8-10-20(14,2)19(16)9-11-21(17,18)3/h4-5,12,16-19H,6-11H2,1-3H3/t16?,17?,18?,19?,20-,21?/m1/s1. The third-order valence-corrected chi connectivity index (χ3v) is 8.01. The first-order valence-electron chi connectivity index (χ1n) is 9.30. The molecule has 4 rings (SSSR count). The van der Waals surface area contributed by atoms with Crippen molar-refractivity contribution in [1.82, 2.24) is 0 Å². The predicted octanol–water partition coefficient (Wildman–Crippen LogP) is 4.50. The summed E-state index contributed by atoms with van der Waals surface area (Å²) in [5, 5.41) is 0. The average Bonchev–Trinajstić information content (AvgIpc) is 2.85. The van der Waals surface area contributed by atoms with Gasteiger partial charge in [-0.3, -0.25) is 9.59 Å². The largest absolute Gasteiger partial charge is 0.300 e. The minimum atomic E-state index is 0.170. The smallest absolute Gasteiger partial charge is 0.156 e. The molecule has 0 heterocycles. The van der Waals surface area contributed by atoms with E-state index in [0.29, 0.717) is 35.7 Å². The van der Waals surface area contributed by atoms with Crippen molar-refractivity contribution in [2.45, 2.75) is 59.3 Å². The summed E-state index contributed by atoms with van der Waals surface area (Å²) >= 11 is 0.